The van der Waals surface area contributed by atoms with Crippen molar-refractivity contribution in [2.24, 2.45) is 0 Å². The fraction of sp³-hybridized carbons (Fsp3) is 0.481. The standard InChI is InChI=1S/C27H35NO6/c1-4-21(29)18-33-22-9-7-8-20(17-22)24(34-27(30)23-10-5-6-15-28-23)13-11-19-12-14-25(31-2)26(16-19)32-3/h7-9,12,14,16-17,23-24,28H,4-6,10-11,13,15,18H2,1-3H3. The largest absolute Gasteiger partial charge is 0.493 e. The molecule has 1 saturated heterocycles. The number of carbonyl (C=O) groups excluding carboxylic acids is 2. The molecule has 0 radical (unpaired) electrons. The SMILES string of the molecule is CCC(=O)COc1cccc(C(CCc2ccc(OC)c(OC)c2)OC(=O)C2CCCCN2)c1. The predicted octanol–water partition coefficient (Wildman–Crippen LogP) is 4.42. The molecule has 34 heavy (non-hydrogen) atoms. The van der Waals surface area contributed by atoms with Crippen molar-refractivity contribution in [1.82, 2.24) is 5.32 Å². The fourth-order valence-electron chi connectivity index (χ4n) is 3.97. The van der Waals surface area contributed by atoms with Gasteiger partial charge in [-0.1, -0.05) is 31.5 Å². The number of Topliss-reactive ketones (excluding diaryl/α,β-unsaturated/α-hetero) is 1. The first kappa shape index (κ1) is 25.6. The molecular formula is C27H35NO6. The Morgan fingerprint density at radius 2 is 1.88 bits per heavy atom. The Morgan fingerprint density at radius 3 is 2.59 bits per heavy atom. The summed E-state index contributed by atoms with van der Waals surface area (Å²) >= 11 is 0. The van der Waals surface area contributed by atoms with Gasteiger partial charge in [-0.2, -0.15) is 0 Å². The summed E-state index contributed by atoms with van der Waals surface area (Å²) in [6, 6.07) is 13.0. The van der Waals surface area contributed by atoms with E-state index in [1.54, 1.807) is 14.2 Å². The Balaban J connectivity index is 1.76. The Morgan fingerprint density at radius 1 is 1.06 bits per heavy atom. The summed E-state index contributed by atoms with van der Waals surface area (Å²) in [6.45, 7) is 2.66. The number of hydrogen-bond donors (Lipinski definition) is 1. The van der Waals surface area contributed by atoms with Crippen molar-refractivity contribution in [1.29, 1.82) is 0 Å². The van der Waals surface area contributed by atoms with Gasteiger partial charge in [0.25, 0.3) is 0 Å². The van der Waals surface area contributed by atoms with E-state index in [4.69, 9.17) is 18.9 Å². The molecule has 0 bridgehead atoms. The van der Waals surface area contributed by atoms with Crippen LogP contribution in [0.2, 0.25) is 0 Å². The van der Waals surface area contributed by atoms with E-state index in [0.29, 0.717) is 36.5 Å². The van der Waals surface area contributed by atoms with E-state index in [1.165, 1.54) is 0 Å². The second kappa shape index (κ2) is 13.0. The zero-order valence-corrected chi connectivity index (χ0v) is 20.3. The molecule has 2 aromatic rings. The molecule has 1 heterocycles. The molecule has 1 N–H and O–H groups in total. The molecule has 0 aliphatic carbocycles. The van der Waals surface area contributed by atoms with Crippen LogP contribution in [-0.4, -0.2) is 45.2 Å². The summed E-state index contributed by atoms with van der Waals surface area (Å²) < 4.78 is 22.4. The molecule has 184 valence electrons. The fourth-order valence-corrected chi connectivity index (χ4v) is 3.97. The van der Waals surface area contributed by atoms with Gasteiger partial charge in [-0.05, 0) is 67.6 Å². The summed E-state index contributed by atoms with van der Waals surface area (Å²) in [5.41, 5.74) is 1.89. The highest BCUT2D eigenvalue weighted by molar-refractivity contribution is 5.79. The molecule has 0 amide bonds. The van der Waals surface area contributed by atoms with Gasteiger partial charge in [-0.3, -0.25) is 9.59 Å². The van der Waals surface area contributed by atoms with Crippen LogP contribution in [0.1, 0.15) is 56.3 Å². The van der Waals surface area contributed by atoms with Crippen LogP contribution in [-0.2, 0) is 20.7 Å². The highest BCUT2D eigenvalue weighted by Gasteiger charge is 2.26. The van der Waals surface area contributed by atoms with Gasteiger partial charge in [0, 0.05) is 6.42 Å². The average molecular weight is 470 g/mol. The summed E-state index contributed by atoms with van der Waals surface area (Å²) in [5, 5.41) is 3.26. The number of benzene rings is 2. The molecule has 2 atom stereocenters. The lowest BCUT2D eigenvalue weighted by molar-refractivity contribution is -0.153. The minimum Gasteiger partial charge on any atom is -0.493 e. The maximum absolute atomic E-state index is 12.9. The molecular weight excluding hydrogens is 434 g/mol. The molecule has 1 aliphatic heterocycles. The lowest BCUT2D eigenvalue weighted by atomic mass is 10.00. The quantitative estimate of drug-likeness (QED) is 0.461. The number of piperidine rings is 1. The van der Waals surface area contributed by atoms with E-state index in [1.807, 2.05) is 49.4 Å². The van der Waals surface area contributed by atoms with Gasteiger partial charge in [0.05, 0.1) is 14.2 Å². The minimum atomic E-state index is -0.449. The van der Waals surface area contributed by atoms with Crippen LogP contribution in [0.15, 0.2) is 42.5 Å². The number of ketones is 1. The molecule has 7 nitrogen and oxygen atoms in total. The summed E-state index contributed by atoms with van der Waals surface area (Å²) in [5.74, 6) is 1.72. The van der Waals surface area contributed by atoms with Gasteiger partial charge in [0.2, 0.25) is 0 Å². The topological polar surface area (TPSA) is 83.1 Å². The van der Waals surface area contributed by atoms with Crippen molar-refractivity contribution in [3.05, 3.63) is 53.6 Å². The van der Waals surface area contributed by atoms with E-state index < -0.39 is 6.10 Å². The number of nitrogens with one attached hydrogen (secondary N) is 1. The number of ether oxygens (including phenoxy) is 4. The van der Waals surface area contributed by atoms with E-state index in [9.17, 15) is 9.59 Å². The molecule has 2 aromatic carbocycles. The van der Waals surface area contributed by atoms with Gasteiger partial charge in [-0.25, -0.2) is 0 Å². The maximum atomic E-state index is 12.9. The van der Waals surface area contributed by atoms with Gasteiger partial charge >= 0.3 is 5.97 Å². The Kier molecular flexibility index (Phi) is 9.76. The third-order valence-corrected chi connectivity index (χ3v) is 6.02. The van der Waals surface area contributed by atoms with Gasteiger partial charge < -0.3 is 24.3 Å². The van der Waals surface area contributed by atoms with Gasteiger partial charge in [0.1, 0.15) is 24.5 Å². The molecule has 0 saturated carbocycles. The first-order valence-corrected chi connectivity index (χ1v) is 11.9. The molecule has 7 heteroatoms. The van der Waals surface area contributed by atoms with Crippen molar-refractivity contribution in [3.8, 4) is 17.2 Å². The third-order valence-electron chi connectivity index (χ3n) is 6.02. The second-order valence-electron chi connectivity index (χ2n) is 8.41. The van der Waals surface area contributed by atoms with Gasteiger partial charge in [0.15, 0.2) is 17.3 Å². The smallest absolute Gasteiger partial charge is 0.323 e. The highest BCUT2D eigenvalue weighted by Crippen LogP contribution is 2.31. The molecule has 2 unspecified atom stereocenters. The van der Waals surface area contributed by atoms with Crippen molar-refractivity contribution in [3.63, 3.8) is 0 Å². The van der Waals surface area contributed by atoms with Crippen molar-refractivity contribution >= 4 is 11.8 Å². The zero-order valence-electron chi connectivity index (χ0n) is 20.3. The van der Waals surface area contributed by atoms with Crippen LogP contribution < -0.4 is 19.5 Å². The van der Waals surface area contributed by atoms with Crippen LogP contribution in [0.3, 0.4) is 0 Å². The van der Waals surface area contributed by atoms with Crippen LogP contribution in [0.5, 0.6) is 17.2 Å². The first-order valence-electron chi connectivity index (χ1n) is 11.9. The minimum absolute atomic E-state index is 0.0298. The van der Waals surface area contributed by atoms with Crippen LogP contribution >= 0.6 is 0 Å². The molecule has 1 fully saturated rings. The van der Waals surface area contributed by atoms with Crippen LogP contribution in [0.25, 0.3) is 0 Å². The Bertz CT molecular complexity index is 954. The summed E-state index contributed by atoms with van der Waals surface area (Å²) in [6.07, 6.45) is 4.11. The van der Waals surface area contributed by atoms with Crippen molar-refractivity contribution in [2.45, 2.75) is 57.6 Å². The molecule has 3 rings (SSSR count). The van der Waals surface area contributed by atoms with Gasteiger partial charge in [-0.15, -0.1) is 0 Å². The third kappa shape index (κ3) is 7.22. The zero-order chi connectivity index (χ0) is 24.3. The number of carbonyl (C=O) groups is 2. The van der Waals surface area contributed by atoms with E-state index in [2.05, 4.69) is 5.32 Å². The van der Waals surface area contributed by atoms with Crippen LogP contribution in [0, 0.1) is 0 Å². The number of esters is 1. The average Bonchev–Trinajstić information content (AvgIpc) is 2.89. The summed E-state index contributed by atoms with van der Waals surface area (Å²) in [4.78, 5) is 24.6. The molecule has 0 aromatic heterocycles. The Labute approximate surface area is 201 Å². The lowest BCUT2D eigenvalue weighted by Gasteiger charge is -2.25. The molecule has 1 aliphatic rings. The van der Waals surface area contributed by atoms with Crippen molar-refractivity contribution in [2.75, 3.05) is 27.4 Å². The van der Waals surface area contributed by atoms with E-state index in [-0.39, 0.29) is 24.4 Å². The predicted molar refractivity (Wildman–Crippen MR) is 130 cm³/mol. The van der Waals surface area contributed by atoms with E-state index >= 15 is 0 Å². The first-order chi connectivity index (χ1) is 16.5. The lowest BCUT2D eigenvalue weighted by Crippen LogP contribution is -2.41. The number of aryl methyl sites for hydroxylation is 1. The monoisotopic (exact) mass is 469 g/mol. The maximum Gasteiger partial charge on any atom is 0.323 e. The number of hydrogen-bond acceptors (Lipinski definition) is 7. The van der Waals surface area contributed by atoms with E-state index in [0.717, 1.165) is 36.9 Å². The highest BCUT2D eigenvalue weighted by atomic mass is 16.5. The van der Waals surface area contributed by atoms with Crippen LogP contribution in [0.4, 0.5) is 0 Å². The number of rotatable bonds is 12. The second-order valence-corrected chi connectivity index (χ2v) is 8.41. The summed E-state index contributed by atoms with van der Waals surface area (Å²) in [7, 11) is 3.22. The molecule has 0 spiro atoms. The van der Waals surface area contributed by atoms with Crippen molar-refractivity contribution < 1.29 is 28.5 Å². The Hall–Kier alpha value is -3.06. The number of methoxy groups -OCH3 is 2. The normalized spacial score (nSPS) is 16.4.